The minimum Gasteiger partial charge on any atom is -0.481 e. The van der Waals surface area contributed by atoms with Crippen LogP contribution in [0, 0.1) is 5.41 Å². The molecule has 0 saturated heterocycles. The van der Waals surface area contributed by atoms with E-state index in [9.17, 15) is 9.59 Å². The van der Waals surface area contributed by atoms with Crippen molar-refractivity contribution in [1.82, 2.24) is 5.32 Å². The highest BCUT2D eigenvalue weighted by Crippen LogP contribution is 2.43. The molecular weight excluding hydrogens is 274 g/mol. The predicted molar refractivity (Wildman–Crippen MR) is 78.8 cm³/mol. The van der Waals surface area contributed by atoms with Crippen LogP contribution in [0.4, 0.5) is 0 Å². The van der Waals surface area contributed by atoms with Crippen molar-refractivity contribution < 1.29 is 14.7 Å². The van der Waals surface area contributed by atoms with Crippen molar-refractivity contribution in [3.05, 3.63) is 22.4 Å². The van der Waals surface area contributed by atoms with Crippen LogP contribution in [0.1, 0.15) is 43.4 Å². The van der Waals surface area contributed by atoms with Crippen LogP contribution in [0.2, 0.25) is 0 Å². The Morgan fingerprint density at radius 2 is 2.05 bits per heavy atom. The Labute approximate surface area is 123 Å². The van der Waals surface area contributed by atoms with E-state index >= 15 is 0 Å². The first-order valence-corrected chi connectivity index (χ1v) is 7.99. The van der Waals surface area contributed by atoms with Gasteiger partial charge in [-0.25, -0.2) is 0 Å². The second-order valence-electron chi connectivity index (χ2n) is 5.63. The van der Waals surface area contributed by atoms with Crippen LogP contribution in [0.5, 0.6) is 0 Å². The molecule has 0 radical (unpaired) electrons. The lowest BCUT2D eigenvalue weighted by molar-refractivity contribution is -0.140. The maximum Gasteiger partial charge on any atom is 0.303 e. The Balaban J connectivity index is 1.78. The minimum absolute atomic E-state index is 0.00953. The standard InChI is InChI=1S/C15H21NO3S/c17-13(16-8-5-12-4-3-9-20-12)10-15(11-14(18)19)6-1-2-7-15/h3-4,9H,1-2,5-8,10-11H2,(H,16,17)(H,18,19). The topological polar surface area (TPSA) is 66.4 Å². The van der Waals surface area contributed by atoms with E-state index in [-0.39, 0.29) is 17.7 Å². The predicted octanol–water partition coefficient (Wildman–Crippen LogP) is 2.83. The van der Waals surface area contributed by atoms with E-state index in [1.54, 1.807) is 11.3 Å². The summed E-state index contributed by atoms with van der Waals surface area (Å²) in [6.45, 7) is 0.627. The average molecular weight is 295 g/mol. The van der Waals surface area contributed by atoms with Gasteiger partial charge in [-0.3, -0.25) is 9.59 Å². The third kappa shape index (κ3) is 4.34. The fourth-order valence-electron chi connectivity index (χ4n) is 3.04. The summed E-state index contributed by atoms with van der Waals surface area (Å²) in [5, 5.41) is 14.0. The minimum atomic E-state index is -0.793. The lowest BCUT2D eigenvalue weighted by Gasteiger charge is -2.26. The van der Waals surface area contributed by atoms with Crippen LogP contribution in [-0.4, -0.2) is 23.5 Å². The molecule has 0 aromatic carbocycles. The molecule has 1 saturated carbocycles. The van der Waals surface area contributed by atoms with Crippen LogP contribution >= 0.6 is 11.3 Å². The fourth-order valence-corrected chi connectivity index (χ4v) is 3.75. The van der Waals surface area contributed by atoms with Gasteiger partial charge in [0.05, 0.1) is 6.42 Å². The number of amides is 1. The first kappa shape index (κ1) is 15.0. The quantitative estimate of drug-likeness (QED) is 0.813. The van der Waals surface area contributed by atoms with Crippen LogP contribution in [-0.2, 0) is 16.0 Å². The number of thiophene rings is 1. The van der Waals surface area contributed by atoms with Gasteiger partial charge >= 0.3 is 5.97 Å². The van der Waals surface area contributed by atoms with E-state index in [0.717, 1.165) is 32.1 Å². The summed E-state index contributed by atoms with van der Waals surface area (Å²) < 4.78 is 0. The van der Waals surface area contributed by atoms with Crippen molar-refractivity contribution in [2.45, 2.75) is 44.9 Å². The summed E-state index contributed by atoms with van der Waals surface area (Å²) in [4.78, 5) is 24.3. The molecule has 0 spiro atoms. The number of carbonyl (C=O) groups excluding carboxylic acids is 1. The van der Waals surface area contributed by atoms with Gasteiger partial charge in [0.25, 0.3) is 0 Å². The van der Waals surface area contributed by atoms with Crippen molar-refractivity contribution in [2.24, 2.45) is 5.41 Å². The Morgan fingerprint density at radius 3 is 2.65 bits per heavy atom. The maximum atomic E-state index is 12.0. The van der Waals surface area contributed by atoms with E-state index in [2.05, 4.69) is 11.4 Å². The van der Waals surface area contributed by atoms with Crippen molar-refractivity contribution in [3.8, 4) is 0 Å². The molecule has 0 unspecified atom stereocenters. The Kier molecular flexibility index (Phi) is 5.17. The highest BCUT2D eigenvalue weighted by Gasteiger charge is 2.37. The lowest BCUT2D eigenvalue weighted by Crippen LogP contribution is -2.33. The van der Waals surface area contributed by atoms with Gasteiger partial charge in [0, 0.05) is 17.8 Å². The molecule has 4 nitrogen and oxygen atoms in total. The third-order valence-electron chi connectivity index (χ3n) is 4.00. The average Bonchev–Trinajstić information content (AvgIpc) is 3.00. The smallest absolute Gasteiger partial charge is 0.303 e. The number of carboxylic acids is 1. The number of hydrogen-bond donors (Lipinski definition) is 2. The summed E-state index contributed by atoms with van der Waals surface area (Å²) in [5.74, 6) is -0.803. The van der Waals surface area contributed by atoms with Gasteiger partial charge in [-0.1, -0.05) is 18.9 Å². The zero-order valence-corrected chi connectivity index (χ0v) is 12.4. The van der Waals surface area contributed by atoms with Crippen LogP contribution in [0.15, 0.2) is 17.5 Å². The van der Waals surface area contributed by atoms with Crippen LogP contribution in [0.3, 0.4) is 0 Å². The van der Waals surface area contributed by atoms with Crippen molar-refractivity contribution in [3.63, 3.8) is 0 Å². The monoisotopic (exact) mass is 295 g/mol. The van der Waals surface area contributed by atoms with Gasteiger partial charge < -0.3 is 10.4 Å². The Morgan fingerprint density at radius 1 is 1.30 bits per heavy atom. The zero-order chi connectivity index (χ0) is 14.4. The molecule has 1 amide bonds. The number of hydrogen-bond acceptors (Lipinski definition) is 3. The van der Waals surface area contributed by atoms with Crippen LogP contribution < -0.4 is 5.32 Å². The molecule has 2 rings (SSSR count). The first-order chi connectivity index (χ1) is 9.60. The zero-order valence-electron chi connectivity index (χ0n) is 11.6. The number of carboxylic acid groups (broad SMARTS) is 1. The molecule has 1 aromatic heterocycles. The summed E-state index contributed by atoms with van der Waals surface area (Å²) >= 11 is 1.69. The molecule has 0 aliphatic heterocycles. The van der Waals surface area contributed by atoms with Gasteiger partial charge in [-0.15, -0.1) is 11.3 Å². The summed E-state index contributed by atoms with van der Waals surface area (Å²) in [7, 11) is 0. The molecule has 1 fully saturated rings. The van der Waals surface area contributed by atoms with E-state index < -0.39 is 5.97 Å². The largest absolute Gasteiger partial charge is 0.481 e. The van der Waals surface area contributed by atoms with E-state index in [1.165, 1.54) is 4.88 Å². The van der Waals surface area contributed by atoms with E-state index in [1.807, 2.05) is 11.4 Å². The number of nitrogens with one attached hydrogen (secondary N) is 1. The molecule has 5 heteroatoms. The highest BCUT2D eigenvalue weighted by atomic mass is 32.1. The SMILES string of the molecule is O=C(O)CC1(CC(=O)NCCc2cccs2)CCCC1. The molecule has 20 heavy (non-hydrogen) atoms. The lowest BCUT2D eigenvalue weighted by atomic mass is 9.79. The molecule has 1 aliphatic rings. The molecule has 1 aromatic rings. The molecule has 0 bridgehead atoms. The second kappa shape index (κ2) is 6.88. The van der Waals surface area contributed by atoms with E-state index in [0.29, 0.717) is 13.0 Å². The van der Waals surface area contributed by atoms with Gasteiger partial charge in [0.15, 0.2) is 0 Å². The summed E-state index contributed by atoms with van der Waals surface area (Å²) in [5.41, 5.74) is -0.307. The van der Waals surface area contributed by atoms with Crippen LogP contribution in [0.25, 0.3) is 0 Å². The van der Waals surface area contributed by atoms with Crippen molar-refractivity contribution >= 4 is 23.2 Å². The molecule has 2 N–H and O–H groups in total. The van der Waals surface area contributed by atoms with Crippen molar-refractivity contribution in [1.29, 1.82) is 0 Å². The Hall–Kier alpha value is -1.36. The number of aliphatic carboxylic acids is 1. The van der Waals surface area contributed by atoms with Gasteiger partial charge in [-0.05, 0) is 36.1 Å². The van der Waals surface area contributed by atoms with Gasteiger partial charge in [0.1, 0.15) is 0 Å². The Bertz CT molecular complexity index is 450. The van der Waals surface area contributed by atoms with Gasteiger partial charge in [-0.2, -0.15) is 0 Å². The number of rotatable bonds is 7. The number of carbonyl (C=O) groups is 2. The third-order valence-corrected chi connectivity index (χ3v) is 4.94. The molecule has 110 valence electrons. The molecule has 1 aliphatic carbocycles. The normalized spacial score (nSPS) is 17.0. The van der Waals surface area contributed by atoms with Gasteiger partial charge in [0.2, 0.25) is 5.91 Å². The van der Waals surface area contributed by atoms with E-state index in [4.69, 9.17) is 5.11 Å². The summed E-state index contributed by atoms with van der Waals surface area (Å²) in [6.07, 6.45) is 5.10. The molecule has 0 atom stereocenters. The first-order valence-electron chi connectivity index (χ1n) is 7.11. The summed E-state index contributed by atoms with van der Waals surface area (Å²) in [6, 6.07) is 4.06. The highest BCUT2D eigenvalue weighted by molar-refractivity contribution is 7.09. The fraction of sp³-hybridized carbons (Fsp3) is 0.600. The van der Waals surface area contributed by atoms with Crippen molar-refractivity contribution in [2.75, 3.05) is 6.54 Å². The maximum absolute atomic E-state index is 12.0. The molecular formula is C15H21NO3S. The second-order valence-corrected chi connectivity index (χ2v) is 6.67. The molecule has 1 heterocycles.